The van der Waals surface area contributed by atoms with Gasteiger partial charge in [0.25, 0.3) is 0 Å². The van der Waals surface area contributed by atoms with Crippen molar-refractivity contribution in [2.75, 3.05) is 6.54 Å². The van der Waals surface area contributed by atoms with E-state index in [0.29, 0.717) is 12.1 Å². The largest absolute Gasteiger partial charge is 0.330 e. The van der Waals surface area contributed by atoms with Gasteiger partial charge in [-0.1, -0.05) is 19.1 Å². The number of fused-ring (bicyclic) bond motifs is 1. The number of nitrogens with two attached hydrogens (primary N) is 1. The molecule has 16 heavy (non-hydrogen) atoms. The van der Waals surface area contributed by atoms with Crippen LogP contribution in [0.5, 0.6) is 0 Å². The lowest BCUT2D eigenvalue weighted by Crippen LogP contribution is -2.12. The monoisotopic (exact) mass is 218 g/mol. The third-order valence-corrected chi connectivity index (χ3v) is 2.85. The predicted octanol–water partition coefficient (Wildman–Crippen LogP) is 2.74. The number of aromatic nitrogens is 1. The van der Waals surface area contributed by atoms with E-state index in [1.807, 2.05) is 26.0 Å². The molecule has 0 amide bonds. The average Bonchev–Trinajstić information content (AvgIpc) is 2.28. The van der Waals surface area contributed by atoms with Crippen LogP contribution in [0.1, 0.15) is 24.1 Å². The van der Waals surface area contributed by atoms with E-state index in [1.54, 1.807) is 6.07 Å². The van der Waals surface area contributed by atoms with Crippen LogP contribution in [0.4, 0.5) is 4.39 Å². The van der Waals surface area contributed by atoms with Crippen LogP contribution in [0.3, 0.4) is 0 Å². The Hall–Kier alpha value is -1.48. The fraction of sp³-hybridized carbons (Fsp3) is 0.308. The van der Waals surface area contributed by atoms with Crippen molar-refractivity contribution in [3.63, 3.8) is 0 Å². The van der Waals surface area contributed by atoms with Crippen LogP contribution in [-0.2, 0) is 0 Å². The molecule has 2 N–H and O–H groups in total. The summed E-state index contributed by atoms with van der Waals surface area (Å²) in [7, 11) is 0. The van der Waals surface area contributed by atoms with Gasteiger partial charge in [0.15, 0.2) is 0 Å². The third kappa shape index (κ3) is 1.78. The van der Waals surface area contributed by atoms with Gasteiger partial charge >= 0.3 is 0 Å². The zero-order valence-corrected chi connectivity index (χ0v) is 9.50. The minimum absolute atomic E-state index is 0.156. The van der Waals surface area contributed by atoms with E-state index in [4.69, 9.17) is 5.73 Å². The van der Waals surface area contributed by atoms with Crippen LogP contribution in [0.25, 0.3) is 10.9 Å². The van der Waals surface area contributed by atoms with E-state index >= 15 is 0 Å². The highest BCUT2D eigenvalue weighted by Crippen LogP contribution is 2.23. The van der Waals surface area contributed by atoms with Gasteiger partial charge in [-0.05, 0) is 24.6 Å². The Bertz CT molecular complexity index is 523. The lowest BCUT2D eigenvalue weighted by atomic mass is 10.0. The molecule has 2 nitrogen and oxygen atoms in total. The molecule has 0 fully saturated rings. The Morgan fingerprint density at radius 3 is 2.88 bits per heavy atom. The Morgan fingerprint density at radius 2 is 2.19 bits per heavy atom. The van der Waals surface area contributed by atoms with Crippen molar-refractivity contribution in [1.82, 2.24) is 4.98 Å². The van der Waals surface area contributed by atoms with Gasteiger partial charge in [-0.15, -0.1) is 0 Å². The molecule has 0 aliphatic rings. The second kappa shape index (κ2) is 4.18. The molecule has 1 aromatic carbocycles. The first-order valence-corrected chi connectivity index (χ1v) is 5.39. The topological polar surface area (TPSA) is 38.9 Å². The SMILES string of the molecule is Cc1cc2cccc(F)c2nc1C(C)CN. The zero-order valence-electron chi connectivity index (χ0n) is 9.50. The Kier molecular flexibility index (Phi) is 2.88. The van der Waals surface area contributed by atoms with Crippen molar-refractivity contribution in [3.05, 3.63) is 41.3 Å². The van der Waals surface area contributed by atoms with Crippen LogP contribution in [-0.4, -0.2) is 11.5 Å². The van der Waals surface area contributed by atoms with Crippen LogP contribution < -0.4 is 5.73 Å². The first-order valence-electron chi connectivity index (χ1n) is 5.39. The Morgan fingerprint density at radius 1 is 1.44 bits per heavy atom. The van der Waals surface area contributed by atoms with Gasteiger partial charge in [0, 0.05) is 23.5 Å². The molecular formula is C13H15FN2. The molecular weight excluding hydrogens is 203 g/mol. The number of para-hydroxylation sites is 1. The maximum absolute atomic E-state index is 13.6. The van der Waals surface area contributed by atoms with E-state index < -0.39 is 0 Å². The summed E-state index contributed by atoms with van der Waals surface area (Å²) in [6.45, 7) is 4.51. The van der Waals surface area contributed by atoms with Crippen molar-refractivity contribution in [1.29, 1.82) is 0 Å². The number of halogens is 1. The number of aryl methyl sites for hydroxylation is 1. The maximum atomic E-state index is 13.6. The van der Waals surface area contributed by atoms with E-state index in [-0.39, 0.29) is 11.7 Å². The number of benzene rings is 1. The summed E-state index contributed by atoms with van der Waals surface area (Å²) in [5.41, 5.74) is 8.01. The molecule has 0 radical (unpaired) electrons. The minimum atomic E-state index is -0.275. The van der Waals surface area contributed by atoms with Crippen LogP contribution in [0.15, 0.2) is 24.3 Å². The lowest BCUT2D eigenvalue weighted by Gasteiger charge is -2.12. The van der Waals surface area contributed by atoms with E-state index in [9.17, 15) is 4.39 Å². The van der Waals surface area contributed by atoms with Gasteiger partial charge < -0.3 is 5.73 Å². The van der Waals surface area contributed by atoms with Crippen LogP contribution >= 0.6 is 0 Å². The molecule has 0 saturated heterocycles. The number of hydrogen-bond acceptors (Lipinski definition) is 2. The normalized spacial score (nSPS) is 13.0. The van der Waals surface area contributed by atoms with Crippen molar-refractivity contribution in [2.24, 2.45) is 5.73 Å². The lowest BCUT2D eigenvalue weighted by molar-refractivity contribution is 0.634. The van der Waals surface area contributed by atoms with E-state index in [0.717, 1.165) is 16.6 Å². The van der Waals surface area contributed by atoms with Gasteiger partial charge in [-0.2, -0.15) is 0 Å². The highest BCUT2D eigenvalue weighted by Gasteiger charge is 2.11. The molecule has 0 bridgehead atoms. The third-order valence-electron chi connectivity index (χ3n) is 2.85. The fourth-order valence-corrected chi connectivity index (χ4v) is 1.89. The second-order valence-corrected chi connectivity index (χ2v) is 4.14. The number of pyridine rings is 1. The zero-order chi connectivity index (χ0) is 11.7. The molecule has 2 rings (SSSR count). The first-order chi connectivity index (χ1) is 7.63. The highest BCUT2D eigenvalue weighted by atomic mass is 19.1. The fourth-order valence-electron chi connectivity index (χ4n) is 1.89. The number of hydrogen-bond donors (Lipinski definition) is 1. The summed E-state index contributed by atoms with van der Waals surface area (Å²) in [5.74, 6) is -0.119. The van der Waals surface area contributed by atoms with Gasteiger partial charge in [0.2, 0.25) is 0 Å². The smallest absolute Gasteiger partial charge is 0.149 e. The Labute approximate surface area is 94.3 Å². The molecule has 0 saturated carbocycles. The summed E-state index contributed by atoms with van der Waals surface area (Å²) in [4.78, 5) is 4.39. The second-order valence-electron chi connectivity index (χ2n) is 4.14. The van der Waals surface area contributed by atoms with Gasteiger partial charge in [0.1, 0.15) is 11.3 Å². The van der Waals surface area contributed by atoms with Gasteiger partial charge in [-0.3, -0.25) is 0 Å². The number of nitrogens with zero attached hydrogens (tertiary/aromatic N) is 1. The molecule has 1 unspecified atom stereocenters. The van der Waals surface area contributed by atoms with Crippen LogP contribution in [0, 0.1) is 12.7 Å². The van der Waals surface area contributed by atoms with Crippen molar-refractivity contribution in [2.45, 2.75) is 19.8 Å². The molecule has 3 heteroatoms. The molecule has 0 aliphatic carbocycles. The summed E-state index contributed by atoms with van der Waals surface area (Å²) in [6.07, 6.45) is 0. The molecule has 0 aliphatic heterocycles. The van der Waals surface area contributed by atoms with E-state index in [1.165, 1.54) is 6.07 Å². The quantitative estimate of drug-likeness (QED) is 0.841. The predicted molar refractivity (Wildman–Crippen MR) is 63.9 cm³/mol. The highest BCUT2D eigenvalue weighted by molar-refractivity contribution is 5.80. The molecule has 1 heterocycles. The Balaban J connectivity index is 2.69. The minimum Gasteiger partial charge on any atom is -0.330 e. The first kappa shape index (κ1) is 11.0. The molecule has 2 aromatic rings. The van der Waals surface area contributed by atoms with Crippen molar-refractivity contribution >= 4 is 10.9 Å². The standard InChI is InChI=1S/C13H15FN2/c1-8-6-10-4-3-5-11(14)13(10)16-12(8)9(2)7-15/h3-6,9H,7,15H2,1-2H3. The van der Waals surface area contributed by atoms with Crippen molar-refractivity contribution < 1.29 is 4.39 Å². The number of rotatable bonds is 2. The summed E-state index contributed by atoms with van der Waals surface area (Å²) in [5, 5.41) is 0.838. The average molecular weight is 218 g/mol. The summed E-state index contributed by atoms with van der Waals surface area (Å²) in [6, 6.07) is 6.97. The molecule has 1 atom stereocenters. The molecule has 84 valence electrons. The molecule has 0 spiro atoms. The molecule has 1 aromatic heterocycles. The van der Waals surface area contributed by atoms with Gasteiger partial charge in [-0.25, -0.2) is 9.37 Å². The van der Waals surface area contributed by atoms with Crippen LogP contribution in [0.2, 0.25) is 0 Å². The van der Waals surface area contributed by atoms with Crippen molar-refractivity contribution in [3.8, 4) is 0 Å². The maximum Gasteiger partial charge on any atom is 0.149 e. The van der Waals surface area contributed by atoms with Gasteiger partial charge in [0.05, 0.1) is 0 Å². The summed E-state index contributed by atoms with van der Waals surface area (Å²) >= 11 is 0. The summed E-state index contributed by atoms with van der Waals surface area (Å²) < 4.78 is 13.6. The van der Waals surface area contributed by atoms with E-state index in [2.05, 4.69) is 4.98 Å².